The minimum absolute atomic E-state index is 0.000859. The van der Waals surface area contributed by atoms with Crippen molar-refractivity contribution in [3.63, 3.8) is 0 Å². The molecular formula is C20H29N3O3S. The summed E-state index contributed by atoms with van der Waals surface area (Å²) in [6, 6.07) is 7.34. The van der Waals surface area contributed by atoms with E-state index in [1.807, 2.05) is 19.1 Å². The highest BCUT2D eigenvalue weighted by molar-refractivity contribution is 7.99. The van der Waals surface area contributed by atoms with E-state index in [4.69, 9.17) is 5.11 Å². The van der Waals surface area contributed by atoms with Gasteiger partial charge in [0.25, 0.3) is 5.56 Å². The second-order valence-electron chi connectivity index (χ2n) is 6.70. The van der Waals surface area contributed by atoms with E-state index in [0.717, 1.165) is 19.3 Å². The quantitative estimate of drug-likeness (QED) is 0.349. The monoisotopic (exact) mass is 391 g/mol. The lowest BCUT2D eigenvalue weighted by atomic mass is 10.1. The van der Waals surface area contributed by atoms with Crippen LogP contribution in [0.2, 0.25) is 0 Å². The topological polar surface area (TPSA) is 84.2 Å². The van der Waals surface area contributed by atoms with Gasteiger partial charge in [0.05, 0.1) is 16.7 Å². The average Bonchev–Trinajstić information content (AvgIpc) is 2.66. The molecule has 2 rings (SSSR count). The second-order valence-corrected chi connectivity index (χ2v) is 7.64. The molecule has 27 heavy (non-hydrogen) atoms. The Balaban J connectivity index is 2.08. The van der Waals surface area contributed by atoms with E-state index in [1.54, 1.807) is 16.7 Å². The fourth-order valence-electron chi connectivity index (χ4n) is 2.90. The van der Waals surface area contributed by atoms with Gasteiger partial charge in [0.1, 0.15) is 0 Å². The molecule has 1 aromatic carbocycles. The summed E-state index contributed by atoms with van der Waals surface area (Å²) in [5, 5.41) is 13.2. The number of aliphatic hydroxyl groups excluding tert-OH is 1. The van der Waals surface area contributed by atoms with Crippen LogP contribution in [-0.2, 0) is 11.3 Å². The van der Waals surface area contributed by atoms with Crippen molar-refractivity contribution in [2.24, 2.45) is 0 Å². The maximum absolute atomic E-state index is 12.8. The highest BCUT2D eigenvalue weighted by atomic mass is 32.2. The van der Waals surface area contributed by atoms with Gasteiger partial charge >= 0.3 is 0 Å². The van der Waals surface area contributed by atoms with Crippen molar-refractivity contribution in [1.82, 2.24) is 14.9 Å². The maximum Gasteiger partial charge on any atom is 0.262 e. The van der Waals surface area contributed by atoms with E-state index >= 15 is 0 Å². The summed E-state index contributed by atoms with van der Waals surface area (Å²) < 4.78 is 1.56. The third kappa shape index (κ3) is 6.36. The Kier molecular flexibility index (Phi) is 8.81. The van der Waals surface area contributed by atoms with Crippen LogP contribution in [0.3, 0.4) is 0 Å². The lowest BCUT2D eigenvalue weighted by molar-refractivity contribution is -0.119. The fraction of sp³-hybridized carbons (Fsp3) is 0.550. The van der Waals surface area contributed by atoms with Crippen molar-refractivity contribution < 1.29 is 9.90 Å². The Morgan fingerprint density at radius 3 is 2.81 bits per heavy atom. The van der Waals surface area contributed by atoms with Crippen molar-refractivity contribution in [3.05, 3.63) is 34.6 Å². The second kappa shape index (κ2) is 11.1. The van der Waals surface area contributed by atoms with E-state index in [9.17, 15) is 9.59 Å². The van der Waals surface area contributed by atoms with Crippen molar-refractivity contribution >= 4 is 28.6 Å². The van der Waals surface area contributed by atoms with E-state index in [2.05, 4.69) is 17.2 Å². The Bertz CT molecular complexity index is 807. The number of aliphatic hydroxyl groups is 1. The molecule has 148 valence electrons. The molecule has 1 heterocycles. The molecule has 6 nitrogen and oxygen atoms in total. The van der Waals surface area contributed by atoms with Crippen LogP contribution >= 0.6 is 11.8 Å². The normalized spacial score (nSPS) is 12.3. The molecule has 0 aliphatic carbocycles. The number of nitrogens with one attached hydrogen (secondary N) is 1. The molecule has 0 fully saturated rings. The third-order valence-electron chi connectivity index (χ3n) is 4.35. The van der Waals surface area contributed by atoms with Gasteiger partial charge in [-0.15, -0.1) is 0 Å². The molecule has 1 amide bonds. The van der Waals surface area contributed by atoms with Gasteiger partial charge in [0.15, 0.2) is 5.16 Å². The number of unbranched alkanes of at least 4 members (excludes halogenated alkanes) is 2. The summed E-state index contributed by atoms with van der Waals surface area (Å²) in [5.74, 6) is 0.155. The van der Waals surface area contributed by atoms with Crippen molar-refractivity contribution in [3.8, 4) is 0 Å². The van der Waals surface area contributed by atoms with Crippen LogP contribution < -0.4 is 10.9 Å². The number of carbonyl (C=O) groups excluding carboxylic acids is 1. The number of para-hydroxylation sites is 1. The molecule has 0 aliphatic rings. The van der Waals surface area contributed by atoms with E-state index < -0.39 is 0 Å². The third-order valence-corrected chi connectivity index (χ3v) is 5.32. The van der Waals surface area contributed by atoms with Gasteiger partial charge in [-0.05, 0) is 31.9 Å². The summed E-state index contributed by atoms with van der Waals surface area (Å²) in [6.45, 7) is 4.56. The molecule has 0 saturated heterocycles. The predicted molar refractivity (Wildman–Crippen MR) is 110 cm³/mol. The lowest BCUT2D eigenvalue weighted by Crippen LogP contribution is -2.34. The standard InChI is InChI=1S/C20H29N3O3S/c1-3-4-5-9-15(2)21-18(25)14-27-20-22-17-11-7-6-10-16(17)19(26)23(20)12-8-13-24/h6-7,10-11,15,24H,3-5,8-9,12-14H2,1-2H3,(H,21,25). The van der Waals surface area contributed by atoms with Crippen molar-refractivity contribution in [1.29, 1.82) is 0 Å². The number of hydrogen-bond donors (Lipinski definition) is 2. The van der Waals surface area contributed by atoms with E-state index in [0.29, 0.717) is 29.0 Å². The minimum Gasteiger partial charge on any atom is -0.396 e. The lowest BCUT2D eigenvalue weighted by Gasteiger charge is -2.15. The molecule has 0 saturated carbocycles. The number of carbonyl (C=O) groups is 1. The van der Waals surface area contributed by atoms with Crippen molar-refractivity contribution in [2.75, 3.05) is 12.4 Å². The smallest absolute Gasteiger partial charge is 0.262 e. The number of fused-ring (bicyclic) bond motifs is 1. The molecule has 0 bridgehead atoms. The maximum atomic E-state index is 12.8. The number of nitrogens with zero attached hydrogens (tertiary/aromatic N) is 2. The zero-order valence-corrected chi connectivity index (χ0v) is 16.9. The number of hydrogen-bond acceptors (Lipinski definition) is 5. The molecule has 1 atom stereocenters. The predicted octanol–water partition coefficient (Wildman–Crippen LogP) is 2.96. The number of aromatic nitrogens is 2. The van der Waals surface area contributed by atoms with Gasteiger partial charge in [-0.2, -0.15) is 0 Å². The molecule has 0 radical (unpaired) electrons. The summed E-state index contributed by atoms with van der Waals surface area (Å²) in [5.41, 5.74) is 0.489. The van der Waals surface area contributed by atoms with E-state index in [-0.39, 0.29) is 29.9 Å². The van der Waals surface area contributed by atoms with Crippen molar-refractivity contribution in [2.45, 2.75) is 63.7 Å². The molecule has 1 aromatic heterocycles. The summed E-state index contributed by atoms with van der Waals surface area (Å²) in [4.78, 5) is 29.6. The first kappa shape index (κ1) is 21.4. The van der Waals surface area contributed by atoms with Crippen LogP contribution in [0, 0.1) is 0 Å². The number of benzene rings is 1. The first-order valence-electron chi connectivity index (χ1n) is 9.59. The molecule has 7 heteroatoms. The number of thioether (sulfide) groups is 1. The Hall–Kier alpha value is -1.86. The Morgan fingerprint density at radius 1 is 1.30 bits per heavy atom. The highest BCUT2D eigenvalue weighted by Crippen LogP contribution is 2.18. The van der Waals surface area contributed by atoms with Crippen LogP contribution in [0.25, 0.3) is 10.9 Å². The van der Waals surface area contributed by atoms with Crippen LogP contribution in [0.5, 0.6) is 0 Å². The molecule has 2 N–H and O–H groups in total. The van der Waals surface area contributed by atoms with Gasteiger partial charge in [0, 0.05) is 19.2 Å². The van der Waals surface area contributed by atoms with E-state index in [1.165, 1.54) is 18.2 Å². The van der Waals surface area contributed by atoms with Gasteiger partial charge < -0.3 is 10.4 Å². The zero-order chi connectivity index (χ0) is 19.6. The SMILES string of the molecule is CCCCCC(C)NC(=O)CSc1nc2ccccc2c(=O)n1CCCO. The van der Waals surface area contributed by atoms with Crippen LogP contribution in [0.1, 0.15) is 46.0 Å². The van der Waals surface area contributed by atoms with Gasteiger partial charge in [-0.3, -0.25) is 14.2 Å². The molecular weight excluding hydrogens is 362 g/mol. The first-order valence-corrected chi connectivity index (χ1v) is 10.6. The largest absolute Gasteiger partial charge is 0.396 e. The molecule has 0 spiro atoms. The fourth-order valence-corrected chi connectivity index (χ4v) is 3.74. The summed E-state index contributed by atoms with van der Waals surface area (Å²) >= 11 is 1.26. The van der Waals surface area contributed by atoms with Crippen LogP contribution in [-0.4, -0.2) is 39.0 Å². The first-order chi connectivity index (χ1) is 13.1. The molecule has 2 aromatic rings. The number of amides is 1. The van der Waals surface area contributed by atoms with Gasteiger partial charge in [0.2, 0.25) is 5.91 Å². The van der Waals surface area contributed by atoms with Gasteiger partial charge in [-0.25, -0.2) is 4.98 Å². The molecule has 0 aliphatic heterocycles. The van der Waals surface area contributed by atoms with Crippen LogP contribution in [0.15, 0.2) is 34.2 Å². The van der Waals surface area contributed by atoms with Crippen LogP contribution in [0.4, 0.5) is 0 Å². The highest BCUT2D eigenvalue weighted by Gasteiger charge is 2.14. The molecule has 1 unspecified atom stereocenters. The summed E-state index contributed by atoms with van der Waals surface area (Å²) in [7, 11) is 0. The zero-order valence-electron chi connectivity index (χ0n) is 16.1. The van der Waals surface area contributed by atoms with Gasteiger partial charge in [-0.1, -0.05) is 50.1 Å². The average molecular weight is 392 g/mol. The summed E-state index contributed by atoms with van der Waals surface area (Å²) in [6.07, 6.45) is 4.88. The number of rotatable bonds is 11. The Labute approximate surface area is 164 Å². The minimum atomic E-state index is -0.134. The Morgan fingerprint density at radius 2 is 2.07 bits per heavy atom.